The first kappa shape index (κ1) is 11.9. The fourth-order valence-electron chi connectivity index (χ4n) is 1.04. The van der Waals surface area contributed by atoms with E-state index in [1.54, 1.807) is 11.8 Å². The van der Waals surface area contributed by atoms with Crippen LogP contribution in [-0.4, -0.2) is 6.26 Å². The fourth-order valence-corrected chi connectivity index (χ4v) is 2.21. The van der Waals surface area contributed by atoms with Gasteiger partial charge in [-0.3, -0.25) is 0 Å². The molecule has 0 saturated carbocycles. The molecular formula is C9H8BrF3S. The Morgan fingerprint density at radius 3 is 2.43 bits per heavy atom. The lowest BCUT2D eigenvalue weighted by molar-refractivity contribution is -0.138. The lowest BCUT2D eigenvalue weighted by atomic mass is 10.1. The van der Waals surface area contributed by atoms with Gasteiger partial charge in [-0.1, -0.05) is 22.0 Å². The van der Waals surface area contributed by atoms with E-state index in [-0.39, 0.29) is 4.47 Å². The first-order chi connectivity index (χ1) is 6.45. The van der Waals surface area contributed by atoms with Gasteiger partial charge in [-0.2, -0.15) is 24.9 Å². The average Bonchev–Trinajstić information content (AvgIpc) is 2.02. The maximum Gasteiger partial charge on any atom is 0.417 e. The molecule has 0 fully saturated rings. The molecule has 78 valence electrons. The smallest absolute Gasteiger partial charge is 0.166 e. The van der Waals surface area contributed by atoms with Gasteiger partial charge in [0.25, 0.3) is 0 Å². The van der Waals surface area contributed by atoms with Gasteiger partial charge in [0.2, 0.25) is 0 Å². The quantitative estimate of drug-likeness (QED) is 0.779. The number of thioether (sulfide) groups is 1. The molecular weight excluding hydrogens is 277 g/mol. The molecule has 0 bridgehead atoms. The fraction of sp³-hybridized carbons (Fsp3) is 0.333. The predicted molar refractivity (Wildman–Crippen MR) is 56.4 cm³/mol. The second kappa shape index (κ2) is 4.57. The minimum atomic E-state index is -4.28. The topological polar surface area (TPSA) is 0 Å². The van der Waals surface area contributed by atoms with Crippen LogP contribution >= 0.6 is 27.7 Å². The Labute approximate surface area is 93.0 Å². The van der Waals surface area contributed by atoms with Crippen LogP contribution in [0.2, 0.25) is 0 Å². The third-order valence-electron chi connectivity index (χ3n) is 1.65. The normalized spacial score (nSPS) is 11.8. The van der Waals surface area contributed by atoms with E-state index in [1.807, 2.05) is 6.26 Å². The Bertz CT molecular complexity index is 322. The molecule has 0 saturated heterocycles. The van der Waals surface area contributed by atoms with Crippen LogP contribution in [0.4, 0.5) is 13.2 Å². The molecule has 5 heteroatoms. The van der Waals surface area contributed by atoms with Crippen LogP contribution in [0.1, 0.15) is 11.1 Å². The average molecular weight is 285 g/mol. The molecule has 0 unspecified atom stereocenters. The van der Waals surface area contributed by atoms with Crippen LogP contribution in [-0.2, 0) is 11.9 Å². The molecule has 0 aromatic heterocycles. The van der Waals surface area contributed by atoms with Crippen LogP contribution < -0.4 is 0 Å². The van der Waals surface area contributed by atoms with Crippen LogP contribution in [0.15, 0.2) is 22.7 Å². The number of rotatable bonds is 2. The maximum absolute atomic E-state index is 12.3. The van der Waals surface area contributed by atoms with Gasteiger partial charge < -0.3 is 0 Å². The van der Waals surface area contributed by atoms with Crippen LogP contribution in [0.25, 0.3) is 0 Å². The number of halogens is 4. The van der Waals surface area contributed by atoms with E-state index >= 15 is 0 Å². The van der Waals surface area contributed by atoms with Gasteiger partial charge in [0.1, 0.15) is 0 Å². The van der Waals surface area contributed by atoms with Gasteiger partial charge in [-0.05, 0) is 24.0 Å². The van der Waals surface area contributed by atoms with Crippen molar-refractivity contribution in [1.29, 1.82) is 0 Å². The molecule has 0 radical (unpaired) electrons. The highest BCUT2D eigenvalue weighted by molar-refractivity contribution is 9.10. The molecule has 1 aromatic carbocycles. The zero-order valence-corrected chi connectivity index (χ0v) is 9.76. The molecule has 0 atom stereocenters. The summed E-state index contributed by atoms with van der Waals surface area (Å²) in [7, 11) is 0. The molecule has 0 heterocycles. The largest absolute Gasteiger partial charge is 0.417 e. The van der Waals surface area contributed by atoms with E-state index in [9.17, 15) is 13.2 Å². The molecule has 0 aliphatic rings. The minimum absolute atomic E-state index is 0.108. The van der Waals surface area contributed by atoms with E-state index in [4.69, 9.17) is 0 Å². The van der Waals surface area contributed by atoms with Crippen LogP contribution in [0.5, 0.6) is 0 Å². The highest BCUT2D eigenvalue weighted by atomic mass is 79.9. The summed E-state index contributed by atoms with van der Waals surface area (Å²) in [4.78, 5) is 0. The summed E-state index contributed by atoms with van der Waals surface area (Å²) < 4.78 is 37.1. The lowest BCUT2D eigenvalue weighted by Crippen LogP contribution is -2.06. The second-order valence-corrected chi connectivity index (χ2v) is 4.47. The summed E-state index contributed by atoms with van der Waals surface area (Å²) in [5, 5.41) is 0. The second-order valence-electron chi connectivity index (χ2n) is 2.74. The molecule has 0 nitrogen and oxygen atoms in total. The molecule has 0 N–H and O–H groups in total. The summed E-state index contributed by atoms with van der Waals surface area (Å²) in [5.74, 6) is 0.719. The van der Waals surface area contributed by atoms with E-state index in [1.165, 1.54) is 12.1 Å². The third-order valence-corrected chi connectivity index (χ3v) is 2.93. The first-order valence-electron chi connectivity index (χ1n) is 3.79. The van der Waals surface area contributed by atoms with Crippen LogP contribution in [0, 0.1) is 0 Å². The Hall–Kier alpha value is -0.160. The summed E-state index contributed by atoms with van der Waals surface area (Å²) >= 11 is 4.50. The minimum Gasteiger partial charge on any atom is -0.166 e. The highest BCUT2D eigenvalue weighted by Gasteiger charge is 2.32. The Kier molecular flexibility index (Phi) is 3.89. The van der Waals surface area contributed by atoms with Crippen molar-refractivity contribution in [2.75, 3.05) is 6.26 Å². The number of hydrogen-bond acceptors (Lipinski definition) is 1. The van der Waals surface area contributed by atoms with E-state index in [0.29, 0.717) is 0 Å². The van der Waals surface area contributed by atoms with Crippen molar-refractivity contribution in [3.63, 3.8) is 0 Å². The van der Waals surface area contributed by atoms with Crippen molar-refractivity contribution in [2.45, 2.75) is 11.9 Å². The monoisotopic (exact) mass is 284 g/mol. The van der Waals surface area contributed by atoms with E-state index < -0.39 is 11.7 Å². The Balaban J connectivity index is 3.02. The Morgan fingerprint density at radius 1 is 1.36 bits per heavy atom. The Morgan fingerprint density at radius 2 is 2.00 bits per heavy atom. The summed E-state index contributed by atoms with van der Waals surface area (Å²) in [6.45, 7) is 0. The van der Waals surface area contributed by atoms with Gasteiger partial charge in [0, 0.05) is 10.2 Å². The number of benzene rings is 1. The van der Waals surface area contributed by atoms with E-state index in [0.717, 1.165) is 17.4 Å². The van der Waals surface area contributed by atoms with Crippen molar-refractivity contribution in [3.8, 4) is 0 Å². The SMILES string of the molecule is CSCc1ccc(C(F)(F)F)c(Br)c1. The number of alkyl halides is 3. The lowest BCUT2D eigenvalue weighted by Gasteiger charge is -2.09. The van der Waals surface area contributed by atoms with Crippen molar-refractivity contribution in [3.05, 3.63) is 33.8 Å². The first-order valence-corrected chi connectivity index (χ1v) is 5.98. The van der Waals surface area contributed by atoms with Gasteiger partial charge in [-0.25, -0.2) is 0 Å². The standard InChI is InChI=1S/C9H8BrF3S/c1-14-5-6-2-3-7(8(10)4-6)9(11,12)13/h2-4H,5H2,1H3. The predicted octanol–water partition coefficient (Wildman–Crippen LogP) is 4.33. The van der Waals surface area contributed by atoms with Crippen molar-refractivity contribution in [1.82, 2.24) is 0 Å². The van der Waals surface area contributed by atoms with Gasteiger partial charge in [0.05, 0.1) is 5.56 Å². The van der Waals surface area contributed by atoms with E-state index in [2.05, 4.69) is 15.9 Å². The third kappa shape index (κ3) is 2.92. The van der Waals surface area contributed by atoms with Crippen molar-refractivity contribution < 1.29 is 13.2 Å². The molecule has 0 amide bonds. The molecule has 14 heavy (non-hydrogen) atoms. The van der Waals surface area contributed by atoms with Gasteiger partial charge in [0.15, 0.2) is 0 Å². The summed E-state index contributed by atoms with van der Waals surface area (Å²) in [6.07, 6.45) is -2.37. The number of hydrogen-bond donors (Lipinski definition) is 0. The zero-order chi connectivity index (χ0) is 10.8. The summed E-state index contributed by atoms with van der Waals surface area (Å²) in [6, 6.07) is 4.12. The zero-order valence-electron chi connectivity index (χ0n) is 7.36. The molecule has 1 aromatic rings. The van der Waals surface area contributed by atoms with Crippen molar-refractivity contribution in [2.24, 2.45) is 0 Å². The van der Waals surface area contributed by atoms with Gasteiger partial charge in [-0.15, -0.1) is 0 Å². The van der Waals surface area contributed by atoms with Crippen molar-refractivity contribution >= 4 is 27.7 Å². The maximum atomic E-state index is 12.3. The molecule has 0 aliphatic carbocycles. The molecule has 0 aliphatic heterocycles. The molecule has 0 spiro atoms. The summed E-state index contributed by atoms with van der Waals surface area (Å²) in [5.41, 5.74) is 0.264. The highest BCUT2D eigenvalue weighted by Crippen LogP contribution is 2.35. The van der Waals surface area contributed by atoms with Gasteiger partial charge >= 0.3 is 6.18 Å². The van der Waals surface area contributed by atoms with Crippen LogP contribution in [0.3, 0.4) is 0 Å². The molecule has 1 rings (SSSR count).